The van der Waals surface area contributed by atoms with Crippen LogP contribution < -0.4 is 0 Å². The molecule has 0 N–H and O–H groups in total. The summed E-state index contributed by atoms with van der Waals surface area (Å²) < 4.78 is 4.17. The molecule has 2 aromatic carbocycles. The lowest BCUT2D eigenvalue weighted by Crippen LogP contribution is -1.89. The van der Waals surface area contributed by atoms with Crippen LogP contribution in [0.25, 0.3) is 46.4 Å². The summed E-state index contributed by atoms with van der Waals surface area (Å²) in [4.78, 5) is 8.99. The summed E-state index contributed by atoms with van der Waals surface area (Å²) in [6.45, 7) is 0. The molecule has 0 aliphatic rings. The van der Waals surface area contributed by atoms with E-state index in [2.05, 4.69) is 55.5 Å². The lowest BCUT2D eigenvalue weighted by molar-refractivity contribution is 1.15. The molecule has 0 aliphatic carbocycles. The highest BCUT2D eigenvalue weighted by atomic mass is 14.9. The summed E-state index contributed by atoms with van der Waals surface area (Å²) in [6.07, 6.45) is 15.6. The Hall–Kier alpha value is -3.92. The molecule has 0 saturated carbocycles. The molecule has 4 heteroatoms. The van der Waals surface area contributed by atoms with Gasteiger partial charge in [0.1, 0.15) is 0 Å². The fraction of sp³-hybridized carbons (Fsp3) is 0. The molecule has 0 aliphatic heterocycles. The third-order valence-corrected chi connectivity index (χ3v) is 4.76. The second kappa shape index (κ2) is 7.00. The summed E-state index contributed by atoms with van der Waals surface area (Å²) in [5.41, 5.74) is 3.98. The van der Waals surface area contributed by atoms with E-state index < -0.39 is 0 Å². The predicted octanol–water partition coefficient (Wildman–Crippen LogP) is 5.64. The van der Waals surface area contributed by atoms with Crippen molar-refractivity contribution in [3.8, 4) is 0 Å². The van der Waals surface area contributed by atoms with E-state index in [0.717, 1.165) is 11.4 Å². The second-order valence-corrected chi connectivity index (χ2v) is 6.56. The molecule has 0 fully saturated rings. The van der Waals surface area contributed by atoms with Crippen LogP contribution in [0.4, 0.5) is 0 Å². The molecular weight excluding hydrogens is 344 g/mol. The van der Waals surface area contributed by atoms with Crippen LogP contribution in [0, 0.1) is 0 Å². The molecule has 0 amide bonds. The van der Waals surface area contributed by atoms with Gasteiger partial charge in [-0.15, -0.1) is 0 Å². The Bertz CT molecular complexity index is 1200. The zero-order valence-corrected chi connectivity index (χ0v) is 15.2. The highest BCUT2D eigenvalue weighted by Gasteiger charge is 1.98. The maximum atomic E-state index is 4.50. The average Bonchev–Trinajstić information content (AvgIpc) is 3.36. The molecule has 0 atom stereocenters. The largest absolute Gasteiger partial charge is 0.323 e. The monoisotopic (exact) mass is 362 g/mol. The fourth-order valence-corrected chi connectivity index (χ4v) is 3.30. The highest BCUT2D eigenvalue weighted by Crippen LogP contribution is 2.17. The van der Waals surface area contributed by atoms with Gasteiger partial charge in [-0.3, -0.25) is 9.97 Å². The lowest BCUT2D eigenvalue weighted by Gasteiger charge is -1.99. The average molecular weight is 362 g/mol. The Kier molecular flexibility index (Phi) is 4.07. The van der Waals surface area contributed by atoms with Gasteiger partial charge < -0.3 is 9.13 Å². The van der Waals surface area contributed by atoms with Crippen LogP contribution >= 0.6 is 0 Å². The first kappa shape index (κ1) is 16.3. The molecule has 4 nitrogen and oxygen atoms in total. The highest BCUT2D eigenvalue weighted by molar-refractivity contribution is 5.84. The van der Waals surface area contributed by atoms with Gasteiger partial charge in [-0.25, -0.2) is 0 Å². The maximum absolute atomic E-state index is 4.50. The number of rotatable bonds is 4. The van der Waals surface area contributed by atoms with Crippen molar-refractivity contribution in [3.05, 3.63) is 96.8 Å². The van der Waals surface area contributed by atoms with Crippen molar-refractivity contribution in [2.45, 2.75) is 0 Å². The number of hydrogen-bond acceptors (Lipinski definition) is 2. The molecule has 28 heavy (non-hydrogen) atoms. The molecule has 0 saturated heterocycles. The van der Waals surface area contributed by atoms with E-state index in [0.29, 0.717) is 0 Å². The minimum Gasteiger partial charge on any atom is -0.323 e. The Morgan fingerprint density at radius 3 is 1.50 bits per heavy atom. The molecule has 0 spiro atoms. The molecule has 3 heterocycles. The summed E-state index contributed by atoms with van der Waals surface area (Å²) in [5, 5.41) is 2.44. The van der Waals surface area contributed by atoms with Crippen LogP contribution in [-0.2, 0) is 0 Å². The smallest absolute Gasteiger partial charge is 0.0828 e. The number of hydrogen-bond donors (Lipinski definition) is 0. The quantitative estimate of drug-likeness (QED) is 0.415. The molecule has 3 aromatic heterocycles. The molecule has 0 radical (unpaired) electrons. The first-order valence-electron chi connectivity index (χ1n) is 9.16. The van der Waals surface area contributed by atoms with Crippen molar-refractivity contribution in [1.29, 1.82) is 0 Å². The first-order chi connectivity index (χ1) is 13.9. The van der Waals surface area contributed by atoms with Crippen LogP contribution in [0.1, 0.15) is 11.4 Å². The third-order valence-electron chi connectivity index (χ3n) is 4.76. The number of benzene rings is 2. The van der Waals surface area contributed by atoms with Crippen molar-refractivity contribution in [2.75, 3.05) is 0 Å². The Morgan fingerprint density at radius 1 is 0.571 bits per heavy atom. The van der Waals surface area contributed by atoms with Gasteiger partial charge in [0.05, 0.1) is 34.8 Å². The molecular formula is C24H18N4. The van der Waals surface area contributed by atoms with Crippen molar-refractivity contribution in [1.82, 2.24) is 19.1 Å². The SMILES string of the molecule is C(=Cn1ccc2ccccc21)c1cnc(C=Cn2ccc3ccccc32)cn1. The number of para-hydroxylation sites is 2. The van der Waals surface area contributed by atoms with Crippen molar-refractivity contribution < 1.29 is 0 Å². The molecule has 0 unspecified atom stereocenters. The van der Waals surface area contributed by atoms with Gasteiger partial charge in [0.25, 0.3) is 0 Å². The summed E-state index contributed by atoms with van der Waals surface area (Å²) in [5.74, 6) is 0. The number of fused-ring (bicyclic) bond motifs is 2. The summed E-state index contributed by atoms with van der Waals surface area (Å²) in [7, 11) is 0. The third kappa shape index (κ3) is 3.12. The summed E-state index contributed by atoms with van der Waals surface area (Å²) >= 11 is 0. The summed E-state index contributed by atoms with van der Waals surface area (Å²) in [6, 6.07) is 20.8. The maximum Gasteiger partial charge on any atom is 0.0828 e. The van der Waals surface area contributed by atoms with Gasteiger partial charge in [0.2, 0.25) is 0 Å². The van der Waals surface area contributed by atoms with Crippen LogP contribution in [0.15, 0.2) is 85.5 Å². The minimum absolute atomic E-state index is 0.821. The van der Waals surface area contributed by atoms with E-state index in [9.17, 15) is 0 Å². The van der Waals surface area contributed by atoms with E-state index in [4.69, 9.17) is 0 Å². The van der Waals surface area contributed by atoms with Crippen LogP contribution in [0.5, 0.6) is 0 Å². The second-order valence-electron chi connectivity index (χ2n) is 6.56. The lowest BCUT2D eigenvalue weighted by atomic mass is 10.2. The number of nitrogens with zero attached hydrogens (tertiary/aromatic N) is 4. The van der Waals surface area contributed by atoms with Crippen LogP contribution in [0.2, 0.25) is 0 Å². The van der Waals surface area contributed by atoms with Crippen LogP contribution in [-0.4, -0.2) is 19.1 Å². The van der Waals surface area contributed by atoms with Crippen molar-refractivity contribution >= 4 is 46.4 Å². The minimum atomic E-state index is 0.821. The van der Waals surface area contributed by atoms with E-state index in [1.807, 2.05) is 61.2 Å². The topological polar surface area (TPSA) is 35.6 Å². The van der Waals surface area contributed by atoms with Gasteiger partial charge in [0.15, 0.2) is 0 Å². The van der Waals surface area contributed by atoms with Gasteiger partial charge in [-0.1, -0.05) is 36.4 Å². The molecule has 5 aromatic rings. The Morgan fingerprint density at radius 2 is 1.04 bits per heavy atom. The van der Waals surface area contributed by atoms with E-state index >= 15 is 0 Å². The van der Waals surface area contributed by atoms with E-state index in [-0.39, 0.29) is 0 Å². The standard InChI is InChI=1S/C24H18N4/c1-3-7-23-19(5-1)9-13-27(23)15-11-21-17-26-22(18-25-21)12-16-28-14-10-20-6-2-4-8-24(20)28/h1-18H. The zero-order valence-electron chi connectivity index (χ0n) is 15.2. The predicted molar refractivity (Wildman–Crippen MR) is 116 cm³/mol. The van der Waals surface area contributed by atoms with Gasteiger partial charge >= 0.3 is 0 Å². The zero-order chi connectivity index (χ0) is 18.8. The van der Waals surface area contributed by atoms with Gasteiger partial charge in [-0.05, 0) is 47.2 Å². The number of aromatic nitrogens is 4. The molecule has 134 valence electrons. The van der Waals surface area contributed by atoms with Crippen molar-refractivity contribution in [3.63, 3.8) is 0 Å². The van der Waals surface area contributed by atoms with E-state index in [1.54, 1.807) is 12.4 Å². The Labute approximate surface area is 162 Å². The van der Waals surface area contributed by atoms with Gasteiger partial charge in [-0.2, -0.15) is 0 Å². The molecule has 5 rings (SSSR count). The van der Waals surface area contributed by atoms with Crippen LogP contribution in [0.3, 0.4) is 0 Å². The fourth-order valence-electron chi connectivity index (χ4n) is 3.30. The normalized spacial score (nSPS) is 12.0. The van der Waals surface area contributed by atoms with Gasteiger partial charge in [0, 0.05) is 24.8 Å². The van der Waals surface area contributed by atoms with E-state index in [1.165, 1.54) is 21.8 Å². The molecule has 0 bridgehead atoms. The first-order valence-corrected chi connectivity index (χ1v) is 9.16. The van der Waals surface area contributed by atoms with Crippen molar-refractivity contribution in [2.24, 2.45) is 0 Å². The Balaban J connectivity index is 1.34.